The molecule has 0 aliphatic carbocycles. The Hall–Kier alpha value is -3.59. The molecule has 0 saturated carbocycles. The van der Waals surface area contributed by atoms with Gasteiger partial charge in [0.1, 0.15) is 6.61 Å². The topological polar surface area (TPSA) is 112 Å². The van der Waals surface area contributed by atoms with Crippen molar-refractivity contribution in [1.29, 1.82) is 0 Å². The fourth-order valence-electron chi connectivity index (χ4n) is 4.94. The van der Waals surface area contributed by atoms with Gasteiger partial charge in [-0.05, 0) is 104 Å². The minimum atomic E-state index is -4.40. The first-order chi connectivity index (χ1) is 28.7. The number of carbonyl (C=O) groups is 2. The molecule has 10 heteroatoms. The number of unbranched alkanes of at least 4 members (excludes halogenated alkanes) is 4. The third-order valence-corrected chi connectivity index (χ3v) is 9.25. The Balaban J connectivity index is 4.55. The summed E-state index contributed by atoms with van der Waals surface area (Å²) in [5.74, 6) is -0.981. The number of ether oxygens (including phenoxy) is 2. The molecule has 0 aromatic heterocycles. The Kier molecular flexibility index (Phi) is 39.9. The highest BCUT2D eigenvalue weighted by molar-refractivity contribution is 7.47. The average molecular weight is 840 g/mol. The van der Waals surface area contributed by atoms with Crippen LogP contribution in [0.15, 0.2) is 122 Å². The van der Waals surface area contributed by atoms with Crippen LogP contribution in [0.5, 0.6) is 0 Å². The Morgan fingerprint density at radius 1 is 0.542 bits per heavy atom. The predicted octanol–water partition coefficient (Wildman–Crippen LogP) is 12.8. The van der Waals surface area contributed by atoms with E-state index in [2.05, 4.69) is 117 Å². The molecule has 0 spiro atoms. The van der Waals surface area contributed by atoms with Crippen LogP contribution in [0, 0.1) is 0 Å². The Labute approximate surface area is 358 Å². The summed E-state index contributed by atoms with van der Waals surface area (Å²) < 4.78 is 33.3. The highest BCUT2D eigenvalue weighted by Gasteiger charge is 2.26. The molecule has 0 rings (SSSR count). The molecule has 0 aliphatic heterocycles. The monoisotopic (exact) mass is 840 g/mol. The fraction of sp³-hybridized carbons (Fsp3) is 0.551. The number of hydrogen-bond donors (Lipinski definition) is 1. The van der Waals surface area contributed by atoms with E-state index in [1.807, 2.05) is 18.2 Å². The summed E-state index contributed by atoms with van der Waals surface area (Å²) in [6.07, 6.45) is 57.0. The number of esters is 2. The van der Waals surface area contributed by atoms with E-state index in [4.69, 9.17) is 18.5 Å². The first kappa shape index (κ1) is 55.4. The van der Waals surface area contributed by atoms with Gasteiger partial charge in [0, 0.05) is 19.4 Å². The summed E-state index contributed by atoms with van der Waals surface area (Å²) in [6.45, 7) is 3.99. The molecule has 0 heterocycles. The number of allylic oxidation sites excluding steroid dienone is 20. The first-order valence-electron chi connectivity index (χ1n) is 21.8. The second kappa shape index (κ2) is 42.5. The number of phosphoric ester groups is 1. The van der Waals surface area contributed by atoms with Gasteiger partial charge < -0.3 is 19.3 Å². The third kappa shape index (κ3) is 43.8. The van der Waals surface area contributed by atoms with Crippen LogP contribution in [0.4, 0.5) is 0 Å². The number of hydrogen-bond acceptors (Lipinski definition) is 8. The highest BCUT2D eigenvalue weighted by atomic mass is 31.2. The van der Waals surface area contributed by atoms with E-state index in [0.29, 0.717) is 19.4 Å². The summed E-state index contributed by atoms with van der Waals surface area (Å²) in [5, 5.41) is 0. The molecule has 2 unspecified atom stereocenters. The van der Waals surface area contributed by atoms with Crippen molar-refractivity contribution in [3.8, 4) is 0 Å². The SMILES string of the molecule is CC/C=C\C/C=C\C/C=C\C/C=C\C/C=C\C/C=C\CCC(=O)OC(COC(=O)CCC/C=C\C/C=C\C/C=C\C/C=C\CCCCC)COP(=O)(O)OCCN(C)C. The molecule has 0 bridgehead atoms. The number of phosphoric acid groups is 1. The molecule has 0 fully saturated rings. The number of nitrogens with zero attached hydrogens (tertiary/aromatic N) is 1. The highest BCUT2D eigenvalue weighted by Crippen LogP contribution is 2.43. The zero-order chi connectivity index (χ0) is 43.3. The van der Waals surface area contributed by atoms with E-state index >= 15 is 0 Å². The van der Waals surface area contributed by atoms with Crippen molar-refractivity contribution in [3.05, 3.63) is 122 Å². The zero-order valence-corrected chi connectivity index (χ0v) is 37.8. The van der Waals surface area contributed by atoms with E-state index in [1.54, 1.807) is 19.0 Å². The van der Waals surface area contributed by atoms with Gasteiger partial charge in [0.2, 0.25) is 0 Å². The fourth-order valence-corrected chi connectivity index (χ4v) is 5.68. The lowest BCUT2D eigenvalue weighted by Gasteiger charge is -2.20. The van der Waals surface area contributed by atoms with Gasteiger partial charge in [0.25, 0.3) is 0 Å². The summed E-state index contributed by atoms with van der Waals surface area (Å²) in [4.78, 5) is 37.0. The molecular formula is C49H78NO8P. The van der Waals surface area contributed by atoms with E-state index in [0.717, 1.165) is 64.2 Å². The number of rotatable bonds is 38. The maximum atomic E-state index is 12.6. The van der Waals surface area contributed by atoms with Crippen LogP contribution in [-0.2, 0) is 32.7 Å². The summed E-state index contributed by atoms with van der Waals surface area (Å²) in [5.41, 5.74) is 0. The van der Waals surface area contributed by atoms with Crippen molar-refractivity contribution in [2.75, 3.05) is 40.5 Å². The molecule has 9 nitrogen and oxygen atoms in total. The van der Waals surface area contributed by atoms with Crippen molar-refractivity contribution >= 4 is 19.8 Å². The second-order valence-corrected chi connectivity index (χ2v) is 15.6. The van der Waals surface area contributed by atoms with Crippen LogP contribution in [-0.4, -0.2) is 68.3 Å². The smallest absolute Gasteiger partial charge is 0.462 e. The van der Waals surface area contributed by atoms with Gasteiger partial charge in [-0.2, -0.15) is 0 Å². The quantitative estimate of drug-likeness (QED) is 0.0281. The predicted molar refractivity (Wildman–Crippen MR) is 247 cm³/mol. The lowest BCUT2D eigenvalue weighted by Crippen LogP contribution is -2.29. The molecule has 0 radical (unpaired) electrons. The van der Waals surface area contributed by atoms with Gasteiger partial charge >= 0.3 is 19.8 Å². The molecule has 0 aromatic carbocycles. The Morgan fingerprint density at radius 3 is 1.44 bits per heavy atom. The Bertz CT molecular complexity index is 1390. The van der Waals surface area contributed by atoms with Crippen LogP contribution in [0.2, 0.25) is 0 Å². The second-order valence-electron chi connectivity index (χ2n) is 14.1. The van der Waals surface area contributed by atoms with Crippen molar-refractivity contribution in [3.63, 3.8) is 0 Å². The first-order valence-corrected chi connectivity index (χ1v) is 23.3. The average Bonchev–Trinajstić information content (AvgIpc) is 3.20. The molecule has 0 aliphatic rings. The minimum Gasteiger partial charge on any atom is -0.462 e. The van der Waals surface area contributed by atoms with Gasteiger partial charge in [0.15, 0.2) is 6.10 Å². The van der Waals surface area contributed by atoms with Gasteiger partial charge in [0.05, 0.1) is 13.2 Å². The normalized spacial score (nSPS) is 14.5. The molecule has 0 amide bonds. The largest absolute Gasteiger partial charge is 0.472 e. The minimum absolute atomic E-state index is 0.0222. The summed E-state index contributed by atoms with van der Waals surface area (Å²) in [7, 11) is -0.791. The van der Waals surface area contributed by atoms with E-state index < -0.39 is 32.5 Å². The number of carbonyl (C=O) groups excluding carboxylic acids is 2. The van der Waals surface area contributed by atoms with Gasteiger partial charge in [-0.25, -0.2) is 4.57 Å². The summed E-state index contributed by atoms with van der Waals surface area (Å²) >= 11 is 0. The van der Waals surface area contributed by atoms with Crippen molar-refractivity contribution in [1.82, 2.24) is 4.90 Å². The van der Waals surface area contributed by atoms with Crippen molar-refractivity contribution in [2.45, 2.75) is 136 Å². The van der Waals surface area contributed by atoms with Gasteiger partial charge in [-0.3, -0.25) is 18.6 Å². The third-order valence-electron chi connectivity index (χ3n) is 8.27. The molecule has 0 aromatic rings. The molecule has 1 N–H and O–H groups in total. The Morgan fingerprint density at radius 2 is 0.983 bits per heavy atom. The van der Waals surface area contributed by atoms with E-state index in [9.17, 15) is 19.0 Å². The van der Waals surface area contributed by atoms with Crippen LogP contribution < -0.4 is 0 Å². The van der Waals surface area contributed by atoms with Crippen molar-refractivity contribution < 1.29 is 37.6 Å². The molecule has 59 heavy (non-hydrogen) atoms. The van der Waals surface area contributed by atoms with Gasteiger partial charge in [-0.15, -0.1) is 0 Å². The van der Waals surface area contributed by atoms with Crippen LogP contribution in [0.25, 0.3) is 0 Å². The maximum absolute atomic E-state index is 12.6. The standard InChI is InChI=1S/C49H78NO8P/c1-5-7-9-11-13-15-17-19-21-23-24-26-28-30-32-34-36-38-40-42-49(52)58-47(46-57-59(53,54)56-44-43-50(3)4)45-55-48(51)41-39-37-35-33-31-29-27-25-22-20-18-16-14-12-10-8-6-2/h7,9,13-16,19-22,24,26-27,29-30,32-33,35-36,38,47H,5-6,8,10-12,17-18,23,25,28,31,34,37,39-46H2,1-4H3,(H,53,54)/b9-7-,15-13-,16-14-,21-19-,22-20-,26-24-,29-27-,32-30-,35-33-,38-36-. The van der Waals surface area contributed by atoms with E-state index in [-0.39, 0.29) is 26.1 Å². The van der Waals surface area contributed by atoms with Crippen molar-refractivity contribution in [2.24, 2.45) is 0 Å². The molecular weight excluding hydrogens is 762 g/mol. The van der Waals surface area contributed by atoms with E-state index in [1.165, 1.54) is 25.7 Å². The molecule has 332 valence electrons. The van der Waals surface area contributed by atoms with Crippen LogP contribution >= 0.6 is 7.82 Å². The van der Waals surface area contributed by atoms with Gasteiger partial charge in [-0.1, -0.05) is 148 Å². The number of likely N-dealkylation sites (N-methyl/N-ethyl adjacent to an activating group) is 1. The molecule has 2 atom stereocenters. The van der Waals surface area contributed by atoms with Crippen LogP contribution in [0.1, 0.15) is 129 Å². The summed E-state index contributed by atoms with van der Waals surface area (Å²) in [6, 6.07) is 0. The van der Waals surface area contributed by atoms with Crippen LogP contribution in [0.3, 0.4) is 0 Å². The lowest BCUT2D eigenvalue weighted by atomic mass is 10.2. The lowest BCUT2D eigenvalue weighted by molar-refractivity contribution is -0.161. The zero-order valence-electron chi connectivity index (χ0n) is 36.9. The maximum Gasteiger partial charge on any atom is 0.472 e. The molecule has 0 saturated heterocycles.